The summed E-state index contributed by atoms with van der Waals surface area (Å²) in [5.41, 5.74) is 1.94. The van der Waals surface area contributed by atoms with Crippen LogP contribution in [0.1, 0.15) is 24.4 Å². The van der Waals surface area contributed by atoms with E-state index in [0.717, 1.165) is 11.5 Å². The predicted octanol–water partition coefficient (Wildman–Crippen LogP) is 2.32. The average Bonchev–Trinajstić information content (AvgIpc) is 2.89. The maximum atomic E-state index is 11.8. The summed E-state index contributed by atoms with van der Waals surface area (Å²) in [5, 5.41) is 5.67. The second kappa shape index (κ2) is 6.19. The van der Waals surface area contributed by atoms with Crippen molar-refractivity contribution in [2.45, 2.75) is 25.9 Å². The molecule has 0 radical (unpaired) electrons. The minimum Gasteiger partial charge on any atom is -0.377 e. The van der Waals surface area contributed by atoms with Gasteiger partial charge in [0, 0.05) is 18.1 Å². The largest absolute Gasteiger partial charge is 0.377 e. The van der Waals surface area contributed by atoms with Crippen molar-refractivity contribution in [3.8, 4) is 0 Å². The van der Waals surface area contributed by atoms with Crippen molar-refractivity contribution in [1.82, 2.24) is 14.9 Å². The Balaban J connectivity index is 1.62. The summed E-state index contributed by atoms with van der Waals surface area (Å²) in [5.74, 6) is 0.983. The molecule has 1 aliphatic rings. The van der Waals surface area contributed by atoms with Gasteiger partial charge >= 0.3 is 6.03 Å². The van der Waals surface area contributed by atoms with Crippen LogP contribution in [-0.4, -0.2) is 34.8 Å². The molecule has 1 aliphatic heterocycles. The van der Waals surface area contributed by atoms with Crippen LogP contribution in [0.4, 0.5) is 10.5 Å². The van der Waals surface area contributed by atoms with Crippen LogP contribution < -0.4 is 10.6 Å². The molecular weight excluding hydrogens is 280 g/mol. The number of nitrogens with zero attached hydrogens (tertiary/aromatic N) is 2. The van der Waals surface area contributed by atoms with Crippen LogP contribution in [0, 0.1) is 6.92 Å². The number of hydrogen-bond donors (Lipinski definition) is 2. The number of rotatable bonds is 4. The van der Waals surface area contributed by atoms with Gasteiger partial charge < -0.3 is 19.9 Å². The van der Waals surface area contributed by atoms with Crippen LogP contribution in [0.2, 0.25) is 0 Å². The highest BCUT2D eigenvalue weighted by Crippen LogP contribution is 2.21. The number of carbonyl (C=O) groups excluding carboxylic acids is 1. The Hall–Kier alpha value is -2.34. The molecule has 2 heterocycles. The van der Waals surface area contributed by atoms with Gasteiger partial charge in [-0.1, -0.05) is 12.1 Å². The lowest BCUT2D eigenvalue weighted by molar-refractivity contribution is 0.000735. The fourth-order valence-electron chi connectivity index (χ4n) is 2.47. The fourth-order valence-corrected chi connectivity index (χ4v) is 2.47. The third kappa shape index (κ3) is 3.12. The van der Waals surface area contributed by atoms with E-state index in [1.807, 2.05) is 37.4 Å². The van der Waals surface area contributed by atoms with E-state index in [-0.39, 0.29) is 18.1 Å². The van der Waals surface area contributed by atoms with Gasteiger partial charge in [-0.15, -0.1) is 0 Å². The molecule has 1 aromatic heterocycles. The summed E-state index contributed by atoms with van der Waals surface area (Å²) in [6.07, 6.45) is 3.77. The van der Waals surface area contributed by atoms with Crippen LogP contribution in [0.3, 0.4) is 0 Å². The van der Waals surface area contributed by atoms with E-state index in [0.29, 0.717) is 13.2 Å². The number of ether oxygens (including phenoxy) is 1. The lowest BCUT2D eigenvalue weighted by Gasteiger charge is -2.26. The van der Waals surface area contributed by atoms with Gasteiger partial charge in [0.15, 0.2) is 0 Å². The van der Waals surface area contributed by atoms with Gasteiger partial charge in [-0.2, -0.15) is 0 Å². The molecule has 3 rings (SSSR count). The highest BCUT2D eigenvalue weighted by Gasteiger charge is 2.20. The molecule has 0 unspecified atom stereocenters. The number of carbonyl (C=O) groups is 1. The first-order valence-electron chi connectivity index (χ1n) is 7.38. The van der Waals surface area contributed by atoms with Gasteiger partial charge in [0.25, 0.3) is 0 Å². The number of benzene rings is 1. The second-order valence-corrected chi connectivity index (χ2v) is 5.51. The number of aromatic nitrogens is 2. The molecule has 2 aromatic rings. The third-order valence-corrected chi connectivity index (χ3v) is 3.90. The van der Waals surface area contributed by atoms with E-state index in [1.54, 1.807) is 6.20 Å². The first-order chi connectivity index (χ1) is 10.6. The highest BCUT2D eigenvalue weighted by atomic mass is 16.5. The molecule has 0 spiro atoms. The number of imidazole rings is 1. The van der Waals surface area contributed by atoms with Crippen LogP contribution in [0.25, 0.3) is 0 Å². The Labute approximate surface area is 129 Å². The predicted molar refractivity (Wildman–Crippen MR) is 84.0 cm³/mol. The molecule has 116 valence electrons. The van der Waals surface area contributed by atoms with Gasteiger partial charge in [0.05, 0.1) is 25.3 Å². The minimum absolute atomic E-state index is 0.128. The van der Waals surface area contributed by atoms with Gasteiger partial charge in [0.2, 0.25) is 0 Å². The summed E-state index contributed by atoms with van der Waals surface area (Å²) in [6, 6.07) is 8.00. The van der Waals surface area contributed by atoms with Crippen LogP contribution >= 0.6 is 0 Å². The molecule has 0 bridgehead atoms. The first-order valence-corrected chi connectivity index (χ1v) is 7.38. The molecule has 6 nitrogen and oxygen atoms in total. The molecule has 2 amide bonds. The number of anilines is 1. The normalized spacial score (nSPS) is 15.9. The smallest absolute Gasteiger partial charge is 0.319 e. The Kier molecular flexibility index (Phi) is 4.11. The Morgan fingerprint density at radius 2 is 2.09 bits per heavy atom. The number of amides is 2. The second-order valence-electron chi connectivity index (χ2n) is 5.51. The topological polar surface area (TPSA) is 68.2 Å². The van der Waals surface area contributed by atoms with Crippen molar-refractivity contribution in [1.29, 1.82) is 0 Å². The summed E-state index contributed by atoms with van der Waals surface area (Å²) < 4.78 is 7.14. The lowest BCUT2D eigenvalue weighted by atomic mass is 10.1. The summed E-state index contributed by atoms with van der Waals surface area (Å²) >= 11 is 0. The van der Waals surface area contributed by atoms with Crippen molar-refractivity contribution in [3.63, 3.8) is 0 Å². The van der Waals surface area contributed by atoms with Gasteiger partial charge in [-0.3, -0.25) is 0 Å². The Morgan fingerprint density at radius 1 is 1.36 bits per heavy atom. The van der Waals surface area contributed by atoms with Crippen molar-refractivity contribution >= 4 is 11.7 Å². The SMILES string of the molecule is Cc1nccn1[C@@H](C)c1ccc(NC(=O)NC2COC2)cc1. The molecular formula is C16H20N4O2. The molecule has 1 aromatic carbocycles. The molecule has 0 saturated carbocycles. The maximum Gasteiger partial charge on any atom is 0.319 e. The number of urea groups is 1. The van der Waals surface area contributed by atoms with Crippen LogP contribution in [0.15, 0.2) is 36.7 Å². The van der Waals surface area contributed by atoms with Gasteiger partial charge in [-0.25, -0.2) is 9.78 Å². The molecule has 1 saturated heterocycles. The van der Waals surface area contributed by atoms with Gasteiger partial charge in [0.1, 0.15) is 5.82 Å². The Bertz CT molecular complexity index is 646. The number of nitrogens with one attached hydrogen (secondary N) is 2. The van der Waals surface area contributed by atoms with E-state index >= 15 is 0 Å². The van der Waals surface area contributed by atoms with Gasteiger partial charge in [-0.05, 0) is 31.5 Å². The maximum absolute atomic E-state index is 11.8. The summed E-state index contributed by atoms with van der Waals surface area (Å²) in [7, 11) is 0. The van der Waals surface area contributed by atoms with Crippen molar-refractivity contribution in [3.05, 3.63) is 48.0 Å². The molecule has 6 heteroatoms. The van der Waals surface area contributed by atoms with E-state index in [9.17, 15) is 4.79 Å². The summed E-state index contributed by atoms with van der Waals surface area (Å²) in [4.78, 5) is 16.0. The lowest BCUT2D eigenvalue weighted by Crippen LogP contribution is -2.49. The molecule has 1 atom stereocenters. The zero-order valence-corrected chi connectivity index (χ0v) is 12.7. The third-order valence-electron chi connectivity index (χ3n) is 3.90. The van der Waals surface area contributed by atoms with E-state index in [1.165, 1.54) is 5.56 Å². The quantitative estimate of drug-likeness (QED) is 0.910. The molecule has 22 heavy (non-hydrogen) atoms. The minimum atomic E-state index is -0.195. The van der Waals surface area contributed by atoms with E-state index in [2.05, 4.69) is 27.1 Å². The number of aryl methyl sites for hydroxylation is 1. The zero-order valence-electron chi connectivity index (χ0n) is 12.7. The zero-order chi connectivity index (χ0) is 15.5. The Morgan fingerprint density at radius 3 is 2.64 bits per heavy atom. The monoisotopic (exact) mass is 300 g/mol. The standard InChI is InChI=1S/C16H20N4O2/c1-11(20-8-7-17-12(20)2)13-3-5-14(6-4-13)18-16(21)19-15-9-22-10-15/h3-8,11,15H,9-10H2,1-2H3,(H2,18,19,21)/t11-/m0/s1. The molecule has 2 N–H and O–H groups in total. The van der Waals surface area contributed by atoms with Crippen LogP contribution in [-0.2, 0) is 4.74 Å². The van der Waals surface area contributed by atoms with Crippen molar-refractivity contribution in [2.75, 3.05) is 18.5 Å². The van der Waals surface area contributed by atoms with Crippen molar-refractivity contribution in [2.24, 2.45) is 0 Å². The van der Waals surface area contributed by atoms with E-state index < -0.39 is 0 Å². The average molecular weight is 300 g/mol. The molecule has 1 fully saturated rings. The molecule has 0 aliphatic carbocycles. The van der Waals surface area contributed by atoms with Crippen molar-refractivity contribution < 1.29 is 9.53 Å². The first kappa shape index (κ1) is 14.6. The summed E-state index contributed by atoms with van der Waals surface area (Å²) in [6.45, 7) is 5.30. The fraction of sp³-hybridized carbons (Fsp3) is 0.375. The van der Waals surface area contributed by atoms with E-state index in [4.69, 9.17) is 4.74 Å². The highest BCUT2D eigenvalue weighted by molar-refractivity contribution is 5.89. The number of hydrogen-bond acceptors (Lipinski definition) is 3. The van der Waals surface area contributed by atoms with Crippen LogP contribution in [0.5, 0.6) is 0 Å².